The van der Waals surface area contributed by atoms with Crippen molar-refractivity contribution in [1.29, 1.82) is 0 Å². The number of ether oxygens (including phenoxy) is 1. The number of esters is 1. The molecule has 76 valence electrons. The van der Waals surface area contributed by atoms with Crippen LogP contribution >= 0.6 is 0 Å². The van der Waals surface area contributed by atoms with Crippen LogP contribution < -0.4 is 5.56 Å². The number of aromatic nitrogens is 2. The van der Waals surface area contributed by atoms with Gasteiger partial charge in [-0.05, 0) is 19.9 Å². The molecule has 0 aromatic carbocycles. The highest BCUT2D eigenvalue weighted by atomic mass is 16.5. The SMILES string of the molecule is CCOC(=O)c1ccc(=O)n(CC)n1. The Hall–Kier alpha value is -1.65. The van der Waals surface area contributed by atoms with E-state index in [9.17, 15) is 9.59 Å². The van der Waals surface area contributed by atoms with Crippen molar-refractivity contribution < 1.29 is 9.53 Å². The summed E-state index contributed by atoms with van der Waals surface area (Å²) < 4.78 is 5.97. The van der Waals surface area contributed by atoms with Gasteiger partial charge in [0.25, 0.3) is 5.56 Å². The summed E-state index contributed by atoms with van der Waals surface area (Å²) in [6.07, 6.45) is 0. The summed E-state index contributed by atoms with van der Waals surface area (Å²) in [6, 6.07) is 2.68. The van der Waals surface area contributed by atoms with E-state index in [1.54, 1.807) is 13.8 Å². The highest BCUT2D eigenvalue weighted by Gasteiger charge is 2.09. The fourth-order valence-electron chi connectivity index (χ4n) is 0.989. The van der Waals surface area contributed by atoms with Gasteiger partial charge in [0, 0.05) is 12.6 Å². The fourth-order valence-corrected chi connectivity index (χ4v) is 0.989. The van der Waals surface area contributed by atoms with Gasteiger partial charge in [0.1, 0.15) is 0 Å². The van der Waals surface area contributed by atoms with Crippen molar-refractivity contribution >= 4 is 5.97 Å². The Labute approximate surface area is 81.3 Å². The molecule has 0 radical (unpaired) electrons. The summed E-state index contributed by atoms with van der Waals surface area (Å²) >= 11 is 0. The highest BCUT2D eigenvalue weighted by molar-refractivity contribution is 5.86. The molecule has 0 saturated heterocycles. The molecule has 1 heterocycles. The van der Waals surface area contributed by atoms with Gasteiger partial charge in [-0.1, -0.05) is 0 Å². The number of hydrogen-bond acceptors (Lipinski definition) is 4. The first-order valence-corrected chi connectivity index (χ1v) is 4.44. The minimum atomic E-state index is -0.505. The Morgan fingerprint density at radius 3 is 2.79 bits per heavy atom. The van der Waals surface area contributed by atoms with Gasteiger partial charge < -0.3 is 4.74 Å². The first kappa shape index (κ1) is 10.4. The van der Waals surface area contributed by atoms with E-state index >= 15 is 0 Å². The van der Waals surface area contributed by atoms with Gasteiger partial charge in [-0.15, -0.1) is 0 Å². The smallest absolute Gasteiger partial charge is 0.358 e. The molecule has 1 aromatic rings. The summed E-state index contributed by atoms with van der Waals surface area (Å²) in [5.41, 5.74) is -0.0613. The van der Waals surface area contributed by atoms with Crippen LogP contribution in [0, 0.1) is 0 Å². The maximum absolute atomic E-state index is 11.2. The fraction of sp³-hybridized carbons (Fsp3) is 0.444. The van der Waals surface area contributed by atoms with E-state index in [1.807, 2.05) is 0 Å². The molecule has 5 heteroatoms. The van der Waals surface area contributed by atoms with Crippen molar-refractivity contribution in [3.63, 3.8) is 0 Å². The molecule has 14 heavy (non-hydrogen) atoms. The van der Waals surface area contributed by atoms with E-state index < -0.39 is 5.97 Å². The lowest BCUT2D eigenvalue weighted by Crippen LogP contribution is -2.24. The second-order valence-electron chi connectivity index (χ2n) is 2.59. The molecule has 0 N–H and O–H groups in total. The Balaban J connectivity index is 3.00. The lowest BCUT2D eigenvalue weighted by molar-refractivity contribution is 0.0516. The standard InChI is InChI=1S/C9H12N2O3/c1-3-11-8(12)6-5-7(10-11)9(13)14-4-2/h5-6H,3-4H2,1-2H3. The van der Waals surface area contributed by atoms with Crippen LogP contribution in [0.15, 0.2) is 16.9 Å². The monoisotopic (exact) mass is 196 g/mol. The van der Waals surface area contributed by atoms with Crippen LogP contribution in [0.1, 0.15) is 24.3 Å². The minimum absolute atomic E-state index is 0.160. The summed E-state index contributed by atoms with van der Waals surface area (Å²) in [5.74, 6) is -0.505. The van der Waals surface area contributed by atoms with Crippen molar-refractivity contribution in [3.05, 3.63) is 28.2 Å². The van der Waals surface area contributed by atoms with E-state index in [2.05, 4.69) is 5.10 Å². The number of hydrogen-bond donors (Lipinski definition) is 0. The summed E-state index contributed by atoms with van der Waals surface area (Å²) in [4.78, 5) is 22.4. The van der Waals surface area contributed by atoms with E-state index in [0.29, 0.717) is 13.2 Å². The molecule has 1 aromatic heterocycles. The molecule has 0 unspecified atom stereocenters. The van der Waals surface area contributed by atoms with Crippen molar-refractivity contribution in [3.8, 4) is 0 Å². The molecule has 0 amide bonds. The maximum atomic E-state index is 11.2. The van der Waals surface area contributed by atoms with Gasteiger partial charge in [0.15, 0.2) is 5.69 Å². The predicted octanol–water partition coefficient (Wildman–Crippen LogP) is 0.440. The third-order valence-corrected chi connectivity index (χ3v) is 1.65. The predicted molar refractivity (Wildman–Crippen MR) is 50.1 cm³/mol. The zero-order valence-corrected chi connectivity index (χ0v) is 8.19. The molecule has 0 spiro atoms. The van der Waals surface area contributed by atoms with Crippen molar-refractivity contribution in [2.45, 2.75) is 20.4 Å². The van der Waals surface area contributed by atoms with Crippen LogP contribution in [0.5, 0.6) is 0 Å². The van der Waals surface area contributed by atoms with Gasteiger partial charge in [-0.2, -0.15) is 5.10 Å². The Kier molecular flexibility index (Phi) is 3.39. The zero-order chi connectivity index (χ0) is 10.6. The number of aryl methyl sites for hydroxylation is 1. The lowest BCUT2D eigenvalue weighted by Gasteiger charge is -2.03. The van der Waals surface area contributed by atoms with Gasteiger partial charge in [-0.3, -0.25) is 4.79 Å². The largest absolute Gasteiger partial charge is 0.461 e. The van der Waals surface area contributed by atoms with Gasteiger partial charge >= 0.3 is 5.97 Å². The number of nitrogens with zero attached hydrogens (tertiary/aromatic N) is 2. The number of rotatable bonds is 3. The number of carbonyl (C=O) groups is 1. The van der Waals surface area contributed by atoms with Crippen LogP contribution in [-0.4, -0.2) is 22.4 Å². The van der Waals surface area contributed by atoms with Crippen molar-refractivity contribution in [2.75, 3.05) is 6.61 Å². The molecule has 0 bridgehead atoms. The molecule has 0 aliphatic carbocycles. The van der Waals surface area contributed by atoms with E-state index in [0.717, 1.165) is 0 Å². The van der Waals surface area contributed by atoms with Crippen LogP contribution in [-0.2, 0) is 11.3 Å². The summed E-state index contributed by atoms with van der Waals surface area (Å²) in [7, 11) is 0. The summed E-state index contributed by atoms with van der Waals surface area (Å²) in [5, 5.41) is 3.84. The van der Waals surface area contributed by atoms with Gasteiger partial charge in [0.2, 0.25) is 0 Å². The first-order chi connectivity index (χ1) is 6.69. The Morgan fingerprint density at radius 1 is 1.50 bits per heavy atom. The third-order valence-electron chi connectivity index (χ3n) is 1.65. The van der Waals surface area contributed by atoms with E-state index in [1.165, 1.54) is 16.8 Å². The lowest BCUT2D eigenvalue weighted by atomic mass is 10.4. The van der Waals surface area contributed by atoms with Crippen LogP contribution in [0.2, 0.25) is 0 Å². The summed E-state index contributed by atoms with van der Waals surface area (Å²) in [6.45, 7) is 4.23. The minimum Gasteiger partial charge on any atom is -0.461 e. The second-order valence-corrected chi connectivity index (χ2v) is 2.59. The first-order valence-electron chi connectivity index (χ1n) is 4.44. The average molecular weight is 196 g/mol. The topological polar surface area (TPSA) is 61.2 Å². The molecule has 0 aliphatic rings. The molecule has 1 rings (SSSR count). The number of carbonyl (C=O) groups excluding carboxylic acids is 1. The molecule has 0 fully saturated rings. The normalized spacial score (nSPS) is 9.86. The Bertz CT molecular complexity index is 384. The maximum Gasteiger partial charge on any atom is 0.358 e. The van der Waals surface area contributed by atoms with Crippen molar-refractivity contribution in [2.24, 2.45) is 0 Å². The second kappa shape index (κ2) is 4.55. The van der Waals surface area contributed by atoms with Crippen molar-refractivity contribution in [1.82, 2.24) is 9.78 Å². The molecular weight excluding hydrogens is 184 g/mol. The van der Waals surface area contributed by atoms with Crippen LogP contribution in [0.25, 0.3) is 0 Å². The molecule has 0 aliphatic heterocycles. The quantitative estimate of drug-likeness (QED) is 0.658. The van der Waals surface area contributed by atoms with E-state index in [4.69, 9.17) is 4.74 Å². The van der Waals surface area contributed by atoms with E-state index in [-0.39, 0.29) is 11.3 Å². The molecule has 0 atom stereocenters. The zero-order valence-electron chi connectivity index (χ0n) is 8.19. The average Bonchev–Trinajstić information content (AvgIpc) is 2.19. The Morgan fingerprint density at radius 2 is 2.21 bits per heavy atom. The van der Waals surface area contributed by atoms with Crippen LogP contribution in [0.4, 0.5) is 0 Å². The third kappa shape index (κ3) is 2.18. The highest BCUT2D eigenvalue weighted by Crippen LogP contribution is 1.94. The van der Waals surface area contributed by atoms with Gasteiger partial charge in [0.05, 0.1) is 6.61 Å². The molecule has 5 nitrogen and oxygen atoms in total. The van der Waals surface area contributed by atoms with Gasteiger partial charge in [-0.25, -0.2) is 9.48 Å². The molecule has 0 saturated carbocycles. The molecular formula is C9H12N2O3. The van der Waals surface area contributed by atoms with Crippen LogP contribution in [0.3, 0.4) is 0 Å².